The Morgan fingerprint density at radius 1 is 1.05 bits per heavy atom. The summed E-state index contributed by atoms with van der Waals surface area (Å²) in [5.41, 5.74) is 1.31. The molecule has 2 aromatic rings. The molecular formula is C17H21N3. The van der Waals surface area contributed by atoms with Crippen molar-refractivity contribution in [1.82, 2.24) is 9.88 Å². The average Bonchev–Trinajstić information content (AvgIpc) is 2.95. The Balaban J connectivity index is 1.71. The molecule has 0 N–H and O–H groups in total. The fraction of sp³-hybridized carbons (Fsp3) is 0.471. The summed E-state index contributed by atoms with van der Waals surface area (Å²) in [6, 6.07) is 8.78. The molecule has 2 fully saturated rings. The number of rotatable bonds is 1. The van der Waals surface area contributed by atoms with Gasteiger partial charge >= 0.3 is 0 Å². The third-order valence-corrected chi connectivity index (χ3v) is 4.87. The van der Waals surface area contributed by atoms with Gasteiger partial charge in [-0.05, 0) is 43.3 Å². The number of nitrogens with zero attached hydrogens (tertiary/aromatic N) is 3. The number of aryl methyl sites for hydroxylation is 1. The smallest absolute Gasteiger partial charge is 0.136 e. The lowest BCUT2D eigenvalue weighted by atomic mass is 10.0. The zero-order valence-electron chi connectivity index (χ0n) is 12.2. The summed E-state index contributed by atoms with van der Waals surface area (Å²) in [6.07, 6.45) is 1.95. The summed E-state index contributed by atoms with van der Waals surface area (Å²) in [5, 5.41) is 2.61. The van der Waals surface area contributed by atoms with E-state index in [1.807, 2.05) is 6.20 Å². The van der Waals surface area contributed by atoms with Crippen molar-refractivity contribution in [1.29, 1.82) is 0 Å². The minimum Gasteiger partial charge on any atom is -0.355 e. The first-order valence-corrected chi connectivity index (χ1v) is 7.49. The third-order valence-electron chi connectivity index (χ3n) is 4.87. The summed E-state index contributed by atoms with van der Waals surface area (Å²) in [6.45, 7) is 6.96. The molecule has 3 heteroatoms. The molecule has 0 unspecified atom stereocenters. The van der Waals surface area contributed by atoms with Gasteiger partial charge in [0, 0.05) is 37.8 Å². The lowest BCUT2D eigenvalue weighted by molar-refractivity contribution is 0.387. The van der Waals surface area contributed by atoms with Crippen LogP contribution in [0.1, 0.15) is 5.56 Å². The Morgan fingerprint density at radius 3 is 2.55 bits per heavy atom. The topological polar surface area (TPSA) is 19.4 Å². The molecule has 2 atom stereocenters. The average molecular weight is 267 g/mol. The van der Waals surface area contributed by atoms with Gasteiger partial charge in [-0.3, -0.25) is 0 Å². The second-order valence-corrected chi connectivity index (χ2v) is 6.51. The monoisotopic (exact) mass is 267 g/mol. The first kappa shape index (κ1) is 12.2. The van der Waals surface area contributed by atoms with Gasteiger partial charge in [0.05, 0.1) is 0 Å². The molecule has 0 aliphatic carbocycles. The molecule has 0 bridgehead atoms. The predicted molar refractivity (Wildman–Crippen MR) is 83.2 cm³/mol. The number of pyridine rings is 1. The van der Waals surface area contributed by atoms with Gasteiger partial charge in [0.25, 0.3) is 0 Å². The summed E-state index contributed by atoms with van der Waals surface area (Å²) in [4.78, 5) is 9.66. The molecule has 3 nitrogen and oxygen atoms in total. The first-order valence-electron chi connectivity index (χ1n) is 7.49. The maximum Gasteiger partial charge on any atom is 0.136 e. The van der Waals surface area contributed by atoms with E-state index in [4.69, 9.17) is 0 Å². The fourth-order valence-electron chi connectivity index (χ4n) is 3.92. The van der Waals surface area contributed by atoms with Crippen molar-refractivity contribution < 1.29 is 0 Å². The number of anilines is 1. The number of fused-ring (bicyclic) bond motifs is 2. The van der Waals surface area contributed by atoms with E-state index < -0.39 is 0 Å². The molecule has 0 spiro atoms. The molecule has 0 saturated carbocycles. The highest BCUT2D eigenvalue weighted by Crippen LogP contribution is 2.35. The zero-order valence-corrected chi connectivity index (χ0v) is 12.2. The minimum absolute atomic E-state index is 0.821. The van der Waals surface area contributed by atoms with Crippen LogP contribution in [0.15, 0.2) is 30.5 Å². The molecule has 1 aromatic carbocycles. The Bertz CT molecular complexity index is 638. The van der Waals surface area contributed by atoms with Gasteiger partial charge in [0.15, 0.2) is 0 Å². The van der Waals surface area contributed by atoms with Gasteiger partial charge in [-0.25, -0.2) is 4.98 Å². The van der Waals surface area contributed by atoms with Crippen LogP contribution < -0.4 is 4.90 Å². The molecule has 0 amide bonds. The van der Waals surface area contributed by atoms with Gasteiger partial charge < -0.3 is 9.80 Å². The van der Waals surface area contributed by atoms with Crippen LogP contribution in [0, 0.1) is 18.8 Å². The van der Waals surface area contributed by atoms with Gasteiger partial charge in [-0.2, -0.15) is 0 Å². The highest BCUT2D eigenvalue weighted by Gasteiger charge is 2.39. The van der Waals surface area contributed by atoms with E-state index in [1.54, 1.807) is 0 Å². The van der Waals surface area contributed by atoms with E-state index in [0.717, 1.165) is 24.9 Å². The quantitative estimate of drug-likeness (QED) is 0.791. The summed E-state index contributed by atoms with van der Waals surface area (Å²) >= 11 is 0. The van der Waals surface area contributed by atoms with E-state index in [0.29, 0.717) is 0 Å². The van der Waals surface area contributed by atoms with Gasteiger partial charge in [0.2, 0.25) is 0 Å². The zero-order chi connectivity index (χ0) is 13.7. The van der Waals surface area contributed by atoms with Crippen molar-refractivity contribution in [3.8, 4) is 0 Å². The molecule has 2 aliphatic rings. The van der Waals surface area contributed by atoms with Crippen molar-refractivity contribution in [3.05, 3.63) is 36.0 Å². The lowest BCUT2D eigenvalue weighted by Crippen LogP contribution is -2.27. The second kappa shape index (κ2) is 4.45. The van der Waals surface area contributed by atoms with E-state index >= 15 is 0 Å². The number of likely N-dealkylation sites (tertiary alicyclic amines) is 1. The van der Waals surface area contributed by atoms with Crippen LogP contribution in [0.4, 0.5) is 5.82 Å². The van der Waals surface area contributed by atoms with Crippen molar-refractivity contribution >= 4 is 16.6 Å². The Kier molecular flexibility index (Phi) is 2.71. The van der Waals surface area contributed by atoms with Crippen LogP contribution in [-0.2, 0) is 0 Å². The third kappa shape index (κ3) is 1.88. The maximum atomic E-state index is 4.69. The number of aromatic nitrogens is 1. The second-order valence-electron chi connectivity index (χ2n) is 6.51. The molecule has 1 aromatic heterocycles. The van der Waals surface area contributed by atoms with Crippen LogP contribution in [0.25, 0.3) is 10.8 Å². The summed E-state index contributed by atoms with van der Waals surface area (Å²) in [5.74, 6) is 2.83. The minimum atomic E-state index is 0.821. The number of hydrogen-bond donors (Lipinski definition) is 0. The van der Waals surface area contributed by atoms with Crippen LogP contribution >= 0.6 is 0 Å². The van der Waals surface area contributed by atoms with E-state index in [2.05, 4.69) is 53.0 Å². The summed E-state index contributed by atoms with van der Waals surface area (Å²) in [7, 11) is 2.24. The fourth-order valence-corrected chi connectivity index (χ4v) is 3.92. The SMILES string of the molecule is Cc1ccc2ccnc(N3C[C@H]4CN(C)C[C@H]4C3)c2c1. The molecule has 2 aliphatic heterocycles. The van der Waals surface area contributed by atoms with Crippen LogP contribution in [0.3, 0.4) is 0 Å². The summed E-state index contributed by atoms with van der Waals surface area (Å²) < 4.78 is 0. The highest BCUT2D eigenvalue weighted by atomic mass is 15.3. The molecular weight excluding hydrogens is 246 g/mol. The Hall–Kier alpha value is -1.61. The largest absolute Gasteiger partial charge is 0.355 e. The van der Waals surface area contributed by atoms with Gasteiger partial charge in [-0.1, -0.05) is 17.7 Å². The predicted octanol–water partition coefficient (Wildman–Crippen LogP) is 2.54. The van der Waals surface area contributed by atoms with Crippen LogP contribution in [0.2, 0.25) is 0 Å². The molecule has 2 saturated heterocycles. The number of hydrogen-bond acceptors (Lipinski definition) is 3. The van der Waals surface area contributed by atoms with Crippen molar-refractivity contribution in [3.63, 3.8) is 0 Å². The maximum absolute atomic E-state index is 4.69. The standard InChI is InChI=1S/C17H21N3/c1-12-3-4-13-5-6-18-17(16(13)7-12)20-10-14-8-19(2)9-15(14)11-20/h3-7,14-15H,8-11H2,1-2H3/t14-,15+. The van der Waals surface area contributed by atoms with Gasteiger partial charge in [0.1, 0.15) is 5.82 Å². The van der Waals surface area contributed by atoms with Crippen LogP contribution in [0.5, 0.6) is 0 Å². The van der Waals surface area contributed by atoms with E-state index in [-0.39, 0.29) is 0 Å². The first-order chi connectivity index (χ1) is 9.70. The Morgan fingerprint density at radius 2 is 1.80 bits per heavy atom. The molecule has 104 valence electrons. The number of benzene rings is 1. The van der Waals surface area contributed by atoms with Crippen molar-refractivity contribution in [2.45, 2.75) is 6.92 Å². The van der Waals surface area contributed by atoms with Crippen molar-refractivity contribution in [2.75, 3.05) is 38.1 Å². The molecule has 3 heterocycles. The van der Waals surface area contributed by atoms with E-state index in [9.17, 15) is 0 Å². The highest BCUT2D eigenvalue weighted by molar-refractivity contribution is 5.92. The lowest BCUT2D eigenvalue weighted by Gasteiger charge is -2.21. The normalized spacial score (nSPS) is 26.4. The Labute approximate surface area is 120 Å². The molecule has 4 rings (SSSR count). The van der Waals surface area contributed by atoms with Crippen LogP contribution in [-0.4, -0.2) is 43.1 Å². The van der Waals surface area contributed by atoms with E-state index in [1.165, 1.54) is 35.2 Å². The molecule has 0 radical (unpaired) electrons. The van der Waals surface area contributed by atoms with Crippen molar-refractivity contribution in [2.24, 2.45) is 11.8 Å². The van der Waals surface area contributed by atoms with Gasteiger partial charge in [-0.15, -0.1) is 0 Å². The molecule has 20 heavy (non-hydrogen) atoms.